The minimum absolute atomic E-state index is 0.0903. The minimum Gasteiger partial charge on any atom is -0.544 e. The fourth-order valence-corrected chi connectivity index (χ4v) is 0.118. The van der Waals surface area contributed by atoms with Gasteiger partial charge in [-0.05, 0) is 22.9 Å². The molecule has 0 aromatic rings. The Bertz CT molecular complexity index is 106. The fraction of sp³-hybridized carbons (Fsp3) is 0.250. The van der Waals surface area contributed by atoms with Crippen molar-refractivity contribution in [3.8, 4) is 0 Å². The quantitative estimate of drug-likeness (QED) is 0.513. The Balaban J connectivity index is 3.82. The molecule has 0 amide bonds. The summed E-state index contributed by atoms with van der Waals surface area (Å²) in [7, 11) is 0. The third-order valence-corrected chi connectivity index (χ3v) is 1.23. The van der Waals surface area contributed by atoms with Crippen LogP contribution in [0.5, 0.6) is 0 Å². The molecule has 0 atom stereocenters. The molecular weight excluding hydrogens is 160 g/mol. The number of allylic oxidation sites excluding steroid dienone is 1. The van der Waals surface area contributed by atoms with Gasteiger partial charge in [-0.25, -0.2) is 0 Å². The van der Waals surface area contributed by atoms with Crippen LogP contribution in [0, 0.1) is 0 Å². The van der Waals surface area contributed by atoms with Gasteiger partial charge in [0.05, 0.1) is 5.97 Å². The summed E-state index contributed by atoms with van der Waals surface area (Å²) in [5, 5.41) is 9.70. The number of carbonyl (C=O) groups is 1. The third-order valence-electron chi connectivity index (χ3n) is 0.448. The normalized spacial score (nSPS) is 11.4. The number of carbonyl (C=O) groups excluding carboxylic acids is 1. The zero-order chi connectivity index (χ0) is 5.86. The van der Waals surface area contributed by atoms with Crippen molar-refractivity contribution < 1.29 is 9.90 Å². The van der Waals surface area contributed by atoms with Gasteiger partial charge in [0, 0.05) is 4.48 Å². The summed E-state index contributed by atoms with van der Waals surface area (Å²) in [6, 6.07) is 0. The highest BCUT2D eigenvalue weighted by molar-refractivity contribution is 9.12. The maximum absolute atomic E-state index is 9.70. The summed E-state index contributed by atoms with van der Waals surface area (Å²) in [5.74, 6) is -1.18. The summed E-state index contributed by atoms with van der Waals surface area (Å²) < 4.78 is 0.0903. The van der Waals surface area contributed by atoms with Gasteiger partial charge in [-0.2, -0.15) is 0 Å². The van der Waals surface area contributed by atoms with E-state index in [1.54, 1.807) is 6.92 Å². The molecule has 0 bridgehead atoms. The highest BCUT2D eigenvalue weighted by atomic mass is 79.9. The van der Waals surface area contributed by atoms with E-state index < -0.39 is 5.97 Å². The molecular formula is C4H4BrO2-. The number of hydrogen-bond donors (Lipinski definition) is 0. The monoisotopic (exact) mass is 163 g/mol. The zero-order valence-corrected chi connectivity index (χ0v) is 5.36. The van der Waals surface area contributed by atoms with Gasteiger partial charge in [0.15, 0.2) is 0 Å². The van der Waals surface area contributed by atoms with Crippen LogP contribution in [0.1, 0.15) is 6.92 Å². The Labute approximate surface area is 50.0 Å². The number of aliphatic carboxylic acids is 1. The lowest BCUT2D eigenvalue weighted by atomic mass is 10.5. The second-order valence-corrected chi connectivity index (χ2v) is 1.78. The standard InChI is InChI=1S/C4H5BrO2/c1-2-3(5)4(6)7/h2H,1H3,(H,6,7)/p-1/b3-2-. The molecule has 0 saturated heterocycles. The Hall–Kier alpha value is -0.310. The number of carboxylic acid groups (broad SMARTS) is 1. The van der Waals surface area contributed by atoms with Crippen molar-refractivity contribution in [3.63, 3.8) is 0 Å². The largest absolute Gasteiger partial charge is 0.544 e. The average Bonchev–Trinajstić information content (AvgIpc) is 1.65. The first-order valence-corrected chi connectivity index (χ1v) is 2.51. The first-order chi connectivity index (χ1) is 3.18. The van der Waals surface area contributed by atoms with Gasteiger partial charge in [0.25, 0.3) is 0 Å². The van der Waals surface area contributed by atoms with Crippen molar-refractivity contribution in [3.05, 3.63) is 10.6 Å². The van der Waals surface area contributed by atoms with Crippen molar-refractivity contribution in [2.75, 3.05) is 0 Å². The van der Waals surface area contributed by atoms with Crippen LogP contribution in [0.15, 0.2) is 10.6 Å². The predicted molar refractivity (Wildman–Crippen MR) is 27.7 cm³/mol. The van der Waals surface area contributed by atoms with E-state index in [0.717, 1.165) is 0 Å². The number of carboxylic acids is 1. The van der Waals surface area contributed by atoms with Crippen LogP contribution in [0.25, 0.3) is 0 Å². The Morgan fingerprint density at radius 2 is 2.29 bits per heavy atom. The van der Waals surface area contributed by atoms with Gasteiger partial charge in [0.2, 0.25) is 0 Å². The van der Waals surface area contributed by atoms with E-state index in [4.69, 9.17) is 0 Å². The van der Waals surface area contributed by atoms with E-state index >= 15 is 0 Å². The Kier molecular flexibility index (Phi) is 2.67. The average molecular weight is 164 g/mol. The zero-order valence-electron chi connectivity index (χ0n) is 3.77. The number of hydrogen-bond acceptors (Lipinski definition) is 2. The van der Waals surface area contributed by atoms with E-state index in [-0.39, 0.29) is 4.48 Å². The highest BCUT2D eigenvalue weighted by Gasteiger charge is 1.83. The first kappa shape index (κ1) is 6.69. The first-order valence-electron chi connectivity index (χ1n) is 1.71. The van der Waals surface area contributed by atoms with Crippen LogP contribution in [0.4, 0.5) is 0 Å². The molecule has 0 aliphatic heterocycles. The van der Waals surface area contributed by atoms with Crippen LogP contribution in [0.2, 0.25) is 0 Å². The lowest BCUT2D eigenvalue weighted by molar-refractivity contribution is -0.298. The topological polar surface area (TPSA) is 40.1 Å². The van der Waals surface area contributed by atoms with Crippen molar-refractivity contribution in [1.82, 2.24) is 0 Å². The molecule has 0 aliphatic rings. The van der Waals surface area contributed by atoms with Gasteiger partial charge in [-0.1, -0.05) is 6.08 Å². The van der Waals surface area contributed by atoms with Gasteiger partial charge in [0.1, 0.15) is 0 Å². The molecule has 2 nitrogen and oxygen atoms in total. The van der Waals surface area contributed by atoms with Gasteiger partial charge < -0.3 is 9.90 Å². The van der Waals surface area contributed by atoms with E-state index in [2.05, 4.69) is 15.9 Å². The molecule has 0 aromatic heterocycles. The molecule has 0 spiro atoms. The molecule has 40 valence electrons. The van der Waals surface area contributed by atoms with Crippen LogP contribution in [-0.2, 0) is 4.79 Å². The Morgan fingerprint density at radius 1 is 1.86 bits per heavy atom. The maximum atomic E-state index is 9.70. The van der Waals surface area contributed by atoms with Crippen LogP contribution >= 0.6 is 15.9 Å². The minimum atomic E-state index is -1.18. The van der Waals surface area contributed by atoms with Crippen LogP contribution in [-0.4, -0.2) is 5.97 Å². The number of rotatable bonds is 1. The molecule has 0 aliphatic carbocycles. The molecule has 7 heavy (non-hydrogen) atoms. The highest BCUT2D eigenvalue weighted by Crippen LogP contribution is 1.99. The maximum Gasteiger partial charge on any atom is 0.0781 e. The van der Waals surface area contributed by atoms with Crippen molar-refractivity contribution in [2.24, 2.45) is 0 Å². The van der Waals surface area contributed by atoms with E-state index in [0.29, 0.717) is 0 Å². The molecule has 0 aromatic carbocycles. The van der Waals surface area contributed by atoms with E-state index in [1.807, 2.05) is 0 Å². The van der Waals surface area contributed by atoms with Crippen LogP contribution in [0.3, 0.4) is 0 Å². The smallest absolute Gasteiger partial charge is 0.0781 e. The fourth-order valence-electron chi connectivity index (χ4n) is 0.118. The SMILES string of the molecule is C/C=C(\Br)C(=O)[O-]. The molecule has 0 unspecified atom stereocenters. The summed E-state index contributed by atoms with van der Waals surface area (Å²) in [5.41, 5.74) is 0. The third kappa shape index (κ3) is 2.39. The lowest BCUT2D eigenvalue weighted by Gasteiger charge is -1.94. The number of halogens is 1. The van der Waals surface area contributed by atoms with Gasteiger partial charge >= 0.3 is 0 Å². The van der Waals surface area contributed by atoms with E-state index in [9.17, 15) is 9.90 Å². The summed E-state index contributed by atoms with van der Waals surface area (Å²) in [4.78, 5) is 9.70. The van der Waals surface area contributed by atoms with Gasteiger partial charge in [-0.15, -0.1) is 0 Å². The molecule has 0 saturated carbocycles. The molecule has 0 rings (SSSR count). The summed E-state index contributed by atoms with van der Waals surface area (Å²) >= 11 is 2.74. The van der Waals surface area contributed by atoms with Crippen LogP contribution < -0.4 is 5.11 Å². The molecule has 0 fully saturated rings. The Morgan fingerprint density at radius 3 is 2.29 bits per heavy atom. The van der Waals surface area contributed by atoms with Crippen molar-refractivity contribution in [1.29, 1.82) is 0 Å². The van der Waals surface area contributed by atoms with E-state index in [1.165, 1.54) is 6.08 Å². The van der Waals surface area contributed by atoms with Gasteiger partial charge in [-0.3, -0.25) is 0 Å². The second kappa shape index (κ2) is 2.80. The van der Waals surface area contributed by atoms with Crippen molar-refractivity contribution >= 4 is 21.9 Å². The second-order valence-electron chi connectivity index (χ2n) is 0.924. The molecule has 0 heterocycles. The van der Waals surface area contributed by atoms with Crippen molar-refractivity contribution in [2.45, 2.75) is 6.92 Å². The summed E-state index contributed by atoms with van der Waals surface area (Å²) in [6.45, 7) is 1.61. The predicted octanol–water partition coefficient (Wildman–Crippen LogP) is 0.0350. The molecule has 3 heteroatoms. The lowest BCUT2D eigenvalue weighted by Crippen LogP contribution is -2.21. The molecule has 0 radical (unpaired) electrons. The molecule has 0 N–H and O–H groups in total. The summed E-state index contributed by atoms with van der Waals surface area (Å²) in [6.07, 6.45) is 1.41.